The third-order valence-electron chi connectivity index (χ3n) is 1.75. The van der Waals surface area contributed by atoms with E-state index in [2.05, 4.69) is 16.3 Å². The van der Waals surface area contributed by atoms with E-state index in [-0.39, 0.29) is 17.8 Å². The Morgan fingerprint density at radius 3 is 2.79 bits per heavy atom. The number of rotatable bonds is 4. The number of methoxy groups -OCH3 is 1. The average Bonchev–Trinajstić information content (AvgIpc) is 2.69. The highest BCUT2D eigenvalue weighted by Crippen LogP contribution is 2.07. The first-order chi connectivity index (χ1) is 6.65. The molecule has 0 radical (unpaired) electrons. The lowest BCUT2D eigenvalue weighted by Gasteiger charge is -2.01. The van der Waals surface area contributed by atoms with Gasteiger partial charge in [0.1, 0.15) is 0 Å². The molecule has 0 aliphatic carbocycles. The molecule has 1 aromatic heterocycles. The van der Waals surface area contributed by atoms with Crippen LogP contribution in [0.25, 0.3) is 0 Å². The van der Waals surface area contributed by atoms with E-state index in [0.29, 0.717) is 5.69 Å². The van der Waals surface area contributed by atoms with Crippen LogP contribution in [0.5, 0.6) is 0 Å². The van der Waals surface area contributed by atoms with Gasteiger partial charge in [0.15, 0.2) is 5.78 Å². The van der Waals surface area contributed by atoms with Crippen LogP contribution in [-0.4, -0.2) is 23.8 Å². The highest BCUT2D eigenvalue weighted by Gasteiger charge is 2.13. The number of esters is 1. The molecular formula is C10H11NO3. The summed E-state index contributed by atoms with van der Waals surface area (Å²) in [6, 6.07) is 3.36. The first kappa shape index (κ1) is 10.2. The minimum absolute atomic E-state index is 0.0206. The Morgan fingerprint density at radius 2 is 2.29 bits per heavy atom. The zero-order valence-electron chi connectivity index (χ0n) is 7.87. The van der Waals surface area contributed by atoms with Gasteiger partial charge >= 0.3 is 5.97 Å². The lowest BCUT2D eigenvalue weighted by molar-refractivity contribution is -0.136. The van der Waals surface area contributed by atoms with Gasteiger partial charge in [-0.3, -0.25) is 4.79 Å². The van der Waals surface area contributed by atoms with E-state index in [4.69, 9.17) is 0 Å². The first-order valence-corrected chi connectivity index (χ1v) is 4.08. The highest BCUT2D eigenvalue weighted by molar-refractivity contribution is 6.02. The fourth-order valence-corrected chi connectivity index (χ4v) is 1.01. The summed E-state index contributed by atoms with van der Waals surface area (Å²) in [5.74, 6) is -0.727. The molecule has 74 valence electrons. The second-order valence-electron chi connectivity index (χ2n) is 2.78. The number of Topliss-reactive ketones (excluding diaryl/α,β-unsaturated/α-hetero) is 1. The number of ether oxygens (including phenoxy) is 1. The second-order valence-corrected chi connectivity index (χ2v) is 2.78. The summed E-state index contributed by atoms with van der Waals surface area (Å²) in [5.41, 5.74) is 0.627. The summed E-state index contributed by atoms with van der Waals surface area (Å²) < 4.78 is 4.43. The van der Waals surface area contributed by atoms with E-state index in [1.807, 2.05) is 0 Å². The minimum atomic E-state index is -0.551. The molecule has 0 atom stereocenters. The van der Waals surface area contributed by atoms with Crippen molar-refractivity contribution < 1.29 is 14.3 Å². The number of carbonyl (C=O) groups excluding carboxylic acids is 2. The fourth-order valence-electron chi connectivity index (χ4n) is 1.01. The molecule has 0 aromatic carbocycles. The van der Waals surface area contributed by atoms with E-state index in [1.54, 1.807) is 18.3 Å². The number of H-pyrrole nitrogens is 1. The maximum atomic E-state index is 11.4. The molecule has 4 nitrogen and oxygen atoms in total. The molecular weight excluding hydrogens is 182 g/mol. The first-order valence-electron chi connectivity index (χ1n) is 4.08. The van der Waals surface area contributed by atoms with Crippen molar-refractivity contribution in [2.24, 2.45) is 0 Å². The largest absolute Gasteiger partial charge is 0.466 e. The maximum absolute atomic E-state index is 11.4. The second kappa shape index (κ2) is 4.41. The van der Waals surface area contributed by atoms with E-state index < -0.39 is 5.97 Å². The molecule has 0 amide bonds. The van der Waals surface area contributed by atoms with Crippen LogP contribution >= 0.6 is 0 Å². The molecule has 0 saturated heterocycles. The normalized spacial score (nSPS) is 9.50. The molecule has 0 aliphatic heterocycles. The van der Waals surface area contributed by atoms with Crippen LogP contribution in [0.15, 0.2) is 30.5 Å². The van der Waals surface area contributed by atoms with Gasteiger partial charge in [-0.15, -0.1) is 0 Å². The van der Waals surface area contributed by atoms with Gasteiger partial charge in [-0.2, -0.15) is 0 Å². The zero-order chi connectivity index (χ0) is 10.6. The van der Waals surface area contributed by atoms with Crippen LogP contribution in [0, 0.1) is 0 Å². The Morgan fingerprint density at radius 1 is 1.57 bits per heavy atom. The molecule has 0 aliphatic rings. The molecule has 0 unspecified atom stereocenters. The van der Waals surface area contributed by atoms with E-state index in [9.17, 15) is 9.59 Å². The smallest absolute Gasteiger partial charge is 0.333 e. The van der Waals surface area contributed by atoms with Gasteiger partial charge in [0, 0.05) is 18.2 Å². The Hall–Kier alpha value is -1.84. The Balaban J connectivity index is 2.58. The summed E-state index contributed by atoms with van der Waals surface area (Å²) in [4.78, 5) is 25.1. The van der Waals surface area contributed by atoms with Crippen molar-refractivity contribution in [1.82, 2.24) is 4.98 Å². The Bertz CT molecular complexity index is 351. The standard InChI is InChI=1S/C10H11NO3/c1-7(10(13)14-2)6-9(12)8-4-3-5-11-8/h3-5,11H,1,6H2,2H3. The number of ketones is 1. The van der Waals surface area contributed by atoms with Gasteiger partial charge < -0.3 is 9.72 Å². The molecule has 0 bridgehead atoms. The van der Waals surface area contributed by atoms with Gasteiger partial charge in [-0.05, 0) is 12.1 Å². The van der Waals surface area contributed by atoms with Crippen molar-refractivity contribution in [3.05, 3.63) is 36.2 Å². The summed E-state index contributed by atoms with van der Waals surface area (Å²) in [5, 5.41) is 0. The molecule has 0 saturated carbocycles. The predicted octanol–water partition coefficient (Wildman–Crippen LogP) is 1.32. The van der Waals surface area contributed by atoms with Crippen LogP contribution < -0.4 is 0 Å². The van der Waals surface area contributed by atoms with Gasteiger partial charge in [0.25, 0.3) is 0 Å². The molecule has 1 heterocycles. The topological polar surface area (TPSA) is 59.2 Å². The van der Waals surface area contributed by atoms with Crippen LogP contribution in [0.3, 0.4) is 0 Å². The monoisotopic (exact) mass is 193 g/mol. The Labute approximate surface area is 81.6 Å². The molecule has 1 rings (SSSR count). The minimum Gasteiger partial charge on any atom is -0.466 e. The predicted molar refractivity (Wildman–Crippen MR) is 50.9 cm³/mol. The van der Waals surface area contributed by atoms with Crippen LogP contribution in [0.1, 0.15) is 16.9 Å². The summed E-state index contributed by atoms with van der Waals surface area (Å²) >= 11 is 0. The van der Waals surface area contributed by atoms with E-state index >= 15 is 0 Å². The highest BCUT2D eigenvalue weighted by atomic mass is 16.5. The maximum Gasteiger partial charge on any atom is 0.333 e. The van der Waals surface area contributed by atoms with E-state index in [1.165, 1.54) is 7.11 Å². The van der Waals surface area contributed by atoms with Crippen molar-refractivity contribution in [2.45, 2.75) is 6.42 Å². The molecule has 0 fully saturated rings. The number of aromatic nitrogens is 1. The lowest BCUT2D eigenvalue weighted by atomic mass is 10.1. The van der Waals surface area contributed by atoms with Crippen molar-refractivity contribution in [1.29, 1.82) is 0 Å². The van der Waals surface area contributed by atoms with Crippen molar-refractivity contribution in [3.8, 4) is 0 Å². The van der Waals surface area contributed by atoms with Crippen LogP contribution in [0.2, 0.25) is 0 Å². The molecule has 1 aromatic rings. The van der Waals surface area contributed by atoms with Crippen molar-refractivity contribution >= 4 is 11.8 Å². The van der Waals surface area contributed by atoms with Gasteiger partial charge in [-0.25, -0.2) is 4.79 Å². The molecule has 14 heavy (non-hydrogen) atoms. The SMILES string of the molecule is C=C(CC(=O)c1ccc[nH]1)C(=O)OC. The lowest BCUT2D eigenvalue weighted by Crippen LogP contribution is -2.09. The number of nitrogens with one attached hydrogen (secondary N) is 1. The number of carbonyl (C=O) groups is 2. The third kappa shape index (κ3) is 2.32. The Kier molecular flexibility index (Phi) is 3.23. The van der Waals surface area contributed by atoms with Gasteiger partial charge in [0.05, 0.1) is 12.8 Å². The summed E-state index contributed by atoms with van der Waals surface area (Å²) in [6.45, 7) is 3.47. The van der Waals surface area contributed by atoms with Crippen molar-refractivity contribution in [2.75, 3.05) is 7.11 Å². The molecule has 1 N–H and O–H groups in total. The van der Waals surface area contributed by atoms with Gasteiger partial charge in [0.2, 0.25) is 0 Å². The number of hydrogen-bond acceptors (Lipinski definition) is 3. The van der Waals surface area contributed by atoms with Crippen LogP contribution in [0.4, 0.5) is 0 Å². The quantitative estimate of drug-likeness (QED) is 0.445. The number of hydrogen-bond donors (Lipinski definition) is 1. The van der Waals surface area contributed by atoms with E-state index in [0.717, 1.165) is 0 Å². The van der Waals surface area contributed by atoms with Gasteiger partial charge in [-0.1, -0.05) is 6.58 Å². The summed E-state index contributed by atoms with van der Waals surface area (Å²) in [7, 11) is 1.26. The number of aromatic amines is 1. The zero-order valence-corrected chi connectivity index (χ0v) is 7.87. The molecule has 0 spiro atoms. The molecule has 4 heteroatoms. The third-order valence-corrected chi connectivity index (χ3v) is 1.75. The summed E-state index contributed by atoms with van der Waals surface area (Å²) in [6.07, 6.45) is 1.63. The van der Waals surface area contributed by atoms with Crippen molar-refractivity contribution in [3.63, 3.8) is 0 Å². The fraction of sp³-hybridized carbons (Fsp3) is 0.200. The average molecular weight is 193 g/mol. The van der Waals surface area contributed by atoms with Crippen LogP contribution in [-0.2, 0) is 9.53 Å².